The molecule has 13 heteroatoms. The molecule has 196 valence electrons. The van der Waals surface area contributed by atoms with Crippen molar-refractivity contribution >= 4 is 28.5 Å². The van der Waals surface area contributed by atoms with Crippen molar-refractivity contribution in [2.45, 2.75) is 32.4 Å². The maximum absolute atomic E-state index is 13.3. The second-order valence-corrected chi connectivity index (χ2v) is 10.1. The monoisotopic (exact) mass is 529 g/mol. The number of nitrogens with zero attached hydrogens (tertiary/aromatic N) is 6. The van der Waals surface area contributed by atoms with Crippen LogP contribution in [0.3, 0.4) is 0 Å². The maximum atomic E-state index is 13.3. The zero-order valence-corrected chi connectivity index (χ0v) is 22.0. The number of aryl methyl sites for hydroxylation is 1. The number of rotatable bonds is 10. The minimum atomic E-state index is -4.06. The van der Waals surface area contributed by atoms with Gasteiger partial charge in [-0.15, -0.1) is 10.2 Å². The van der Waals surface area contributed by atoms with E-state index in [0.717, 1.165) is 11.8 Å². The molecule has 0 saturated heterocycles. The molecule has 0 radical (unpaired) electrons. The summed E-state index contributed by atoms with van der Waals surface area (Å²) in [6.45, 7) is 7.94. The van der Waals surface area contributed by atoms with E-state index in [0.29, 0.717) is 28.6 Å². The first kappa shape index (κ1) is 27.5. The molecular weight excluding hydrogens is 501 g/mol. The number of ether oxygens (including phenoxy) is 2. The maximum Gasteiger partial charge on any atom is 0.243 e. The molecule has 1 aromatic carbocycles. The van der Waals surface area contributed by atoms with Crippen molar-refractivity contribution in [2.24, 2.45) is 9.98 Å². The van der Waals surface area contributed by atoms with Crippen LogP contribution in [0.1, 0.15) is 25.8 Å². The van der Waals surface area contributed by atoms with Crippen molar-refractivity contribution in [2.75, 3.05) is 18.9 Å². The molecule has 0 amide bonds. The Kier molecular flexibility index (Phi) is 8.71. The third kappa shape index (κ3) is 6.17. The lowest BCUT2D eigenvalue weighted by Gasteiger charge is -2.19. The number of hydrogen-bond donors (Lipinski definition) is 1. The van der Waals surface area contributed by atoms with E-state index in [4.69, 9.17) is 9.47 Å². The van der Waals surface area contributed by atoms with Crippen LogP contribution in [0, 0.1) is 6.92 Å². The Bertz CT molecular complexity index is 1420. The molecule has 11 nitrogen and oxygen atoms in total. The van der Waals surface area contributed by atoms with Gasteiger partial charge in [-0.1, -0.05) is 6.07 Å². The van der Waals surface area contributed by atoms with Crippen molar-refractivity contribution in [3.63, 3.8) is 0 Å². The number of benzene rings is 1. The second kappa shape index (κ2) is 11.7. The topological polar surface area (TPSA) is 133 Å². The van der Waals surface area contributed by atoms with Crippen molar-refractivity contribution in [3.05, 3.63) is 54.2 Å². The summed E-state index contributed by atoms with van der Waals surface area (Å²) in [5.41, 5.74) is 1.86. The Morgan fingerprint density at radius 2 is 1.92 bits per heavy atom. The fraction of sp³-hybridized carbons (Fsp3) is 0.292. The van der Waals surface area contributed by atoms with Gasteiger partial charge in [0.1, 0.15) is 28.8 Å². The van der Waals surface area contributed by atoms with Gasteiger partial charge >= 0.3 is 0 Å². The largest absolute Gasteiger partial charge is 0.494 e. The summed E-state index contributed by atoms with van der Waals surface area (Å²) in [5.74, 6) is 0.527. The average Bonchev–Trinajstić information content (AvgIpc) is 3.27. The molecule has 0 unspecified atom stereocenters. The molecule has 2 aromatic heterocycles. The molecule has 0 saturated carbocycles. The number of amidine groups is 1. The van der Waals surface area contributed by atoms with Crippen molar-refractivity contribution in [1.82, 2.24) is 19.7 Å². The summed E-state index contributed by atoms with van der Waals surface area (Å²) in [6.07, 6.45) is 4.07. The number of aliphatic imine (C=N–C) groups is 2. The van der Waals surface area contributed by atoms with Gasteiger partial charge in [0.25, 0.3) is 0 Å². The highest BCUT2D eigenvalue weighted by molar-refractivity contribution is 7.93. The summed E-state index contributed by atoms with van der Waals surface area (Å²) >= 11 is 0. The van der Waals surface area contributed by atoms with Crippen LogP contribution < -0.4 is 14.2 Å². The van der Waals surface area contributed by atoms with Gasteiger partial charge in [-0.3, -0.25) is 14.3 Å². The average molecular weight is 530 g/mol. The van der Waals surface area contributed by atoms with Crippen LogP contribution in [0.2, 0.25) is 0 Å². The third-order valence-electron chi connectivity index (χ3n) is 5.38. The molecule has 3 rings (SSSR count). The molecule has 3 aromatic rings. The number of nitrogens with one attached hydrogen (secondary N) is 1. The van der Waals surface area contributed by atoms with Crippen LogP contribution in [0.25, 0.3) is 17.1 Å². The number of halogens is 1. The summed E-state index contributed by atoms with van der Waals surface area (Å²) in [7, 11) is -1.09. The Morgan fingerprint density at radius 1 is 1.24 bits per heavy atom. The molecule has 0 aliphatic rings. The third-order valence-corrected chi connectivity index (χ3v) is 7.07. The standard InChI is InChI=1S/C24H28FN7O4S/c1-15-10-11-27-14-18(15)23-29-30-24(32(23)22-19(35-5)8-7-9-20(22)36-6)31-37(33,34)17(3)12-21(26-4)28-13-16(2)25/h7-11,13-14,17H,4,12H2,1-3,5-6H3,(H,30,31)/b16-13+,28-21?/t17-/m1/s1. The van der Waals surface area contributed by atoms with E-state index in [1.807, 2.05) is 6.92 Å². The smallest absolute Gasteiger partial charge is 0.243 e. The number of hydrogen-bond acceptors (Lipinski definition) is 8. The van der Waals surface area contributed by atoms with Gasteiger partial charge in [0, 0.05) is 24.4 Å². The molecule has 0 fully saturated rings. The van der Waals surface area contributed by atoms with Crippen LogP contribution in [-0.4, -0.2) is 60.2 Å². The van der Waals surface area contributed by atoms with E-state index in [9.17, 15) is 12.8 Å². The lowest BCUT2D eigenvalue weighted by molar-refractivity contribution is 0.391. The van der Waals surface area contributed by atoms with Crippen molar-refractivity contribution in [3.8, 4) is 28.6 Å². The van der Waals surface area contributed by atoms with E-state index < -0.39 is 21.1 Å². The first-order valence-electron chi connectivity index (χ1n) is 11.1. The Morgan fingerprint density at radius 3 is 2.49 bits per heavy atom. The Balaban J connectivity index is 2.15. The fourth-order valence-corrected chi connectivity index (χ4v) is 4.36. The number of anilines is 1. The molecule has 37 heavy (non-hydrogen) atoms. The van der Waals surface area contributed by atoms with E-state index in [1.165, 1.54) is 32.6 Å². The SMILES string of the molecule is C=NC(C[C@@H](C)S(=O)(=O)Nc1nnc(-c2cnccc2C)n1-c1c(OC)cccc1OC)=N/C=C(\C)F. The van der Waals surface area contributed by atoms with Crippen LogP contribution in [0.4, 0.5) is 10.3 Å². The normalized spacial score (nSPS) is 13.2. The molecule has 0 aliphatic heterocycles. The van der Waals surface area contributed by atoms with E-state index in [1.54, 1.807) is 36.7 Å². The number of aromatic nitrogens is 4. The van der Waals surface area contributed by atoms with Crippen LogP contribution in [0.5, 0.6) is 11.5 Å². The number of methoxy groups -OCH3 is 2. The quantitative estimate of drug-likeness (QED) is 0.309. The molecule has 2 heterocycles. The number of sulfonamides is 1. The lowest BCUT2D eigenvalue weighted by Crippen LogP contribution is -2.28. The Hall–Kier alpha value is -4.13. The first-order chi connectivity index (χ1) is 17.6. The fourth-order valence-electron chi connectivity index (χ4n) is 3.40. The summed E-state index contributed by atoms with van der Waals surface area (Å²) in [4.78, 5) is 11.7. The van der Waals surface area contributed by atoms with Gasteiger partial charge in [-0.2, -0.15) is 0 Å². The molecule has 1 atom stereocenters. The summed E-state index contributed by atoms with van der Waals surface area (Å²) in [6, 6.07) is 6.95. The Labute approximate surface area is 214 Å². The van der Waals surface area contributed by atoms with Gasteiger partial charge in [0.15, 0.2) is 5.82 Å². The summed E-state index contributed by atoms with van der Waals surface area (Å²) in [5, 5.41) is 7.39. The zero-order chi connectivity index (χ0) is 27.2. The predicted octanol–water partition coefficient (Wildman–Crippen LogP) is 4.11. The summed E-state index contributed by atoms with van der Waals surface area (Å²) < 4.78 is 54.9. The predicted molar refractivity (Wildman–Crippen MR) is 141 cm³/mol. The van der Waals surface area contributed by atoms with Gasteiger partial charge in [-0.25, -0.2) is 22.8 Å². The van der Waals surface area contributed by atoms with Gasteiger partial charge in [0.2, 0.25) is 16.0 Å². The molecule has 0 bridgehead atoms. The lowest BCUT2D eigenvalue weighted by atomic mass is 10.1. The van der Waals surface area contributed by atoms with E-state index in [2.05, 4.69) is 36.6 Å². The van der Waals surface area contributed by atoms with Gasteiger partial charge in [-0.05, 0) is 51.3 Å². The second-order valence-electron chi connectivity index (χ2n) is 7.97. The number of allylic oxidation sites excluding steroid dienone is 1. The zero-order valence-electron chi connectivity index (χ0n) is 21.1. The van der Waals surface area contributed by atoms with Crippen molar-refractivity contribution in [1.29, 1.82) is 0 Å². The van der Waals surface area contributed by atoms with E-state index in [-0.39, 0.29) is 18.2 Å². The van der Waals surface area contributed by atoms with Crippen molar-refractivity contribution < 1.29 is 22.3 Å². The molecule has 0 aliphatic carbocycles. The molecular formula is C24H28FN7O4S. The van der Waals surface area contributed by atoms with Gasteiger partial charge in [0.05, 0.1) is 25.7 Å². The molecule has 0 spiro atoms. The van der Waals surface area contributed by atoms with Crippen LogP contribution in [0.15, 0.2) is 58.7 Å². The highest BCUT2D eigenvalue weighted by Crippen LogP contribution is 2.38. The number of para-hydroxylation sites is 1. The number of pyridine rings is 1. The molecule has 1 N–H and O–H groups in total. The first-order valence-corrected chi connectivity index (χ1v) is 12.6. The van der Waals surface area contributed by atoms with Crippen LogP contribution in [-0.2, 0) is 10.0 Å². The van der Waals surface area contributed by atoms with Gasteiger partial charge < -0.3 is 9.47 Å². The van der Waals surface area contributed by atoms with Crippen LogP contribution >= 0.6 is 0 Å². The van der Waals surface area contributed by atoms with E-state index >= 15 is 0 Å². The highest BCUT2D eigenvalue weighted by Gasteiger charge is 2.29. The highest BCUT2D eigenvalue weighted by atomic mass is 32.2. The minimum Gasteiger partial charge on any atom is -0.494 e. The minimum absolute atomic E-state index is 0.0643.